The van der Waals surface area contributed by atoms with Crippen LogP contribution in [0.1, 0.15) is 18.1 Å². The lowest BCUT2D eigenvalue weighted by atomic mass is 9.92. The lowest BCUT2D eigenvalue weighted by Crippen LogP contribution is -2.65. The minimum absolute atomic E-state index is 0.0836. The highest BCUT2D eigenvalue weighted by Gasteiger charge is 2.55. The number of aliphatic hydroxyl groups excluding tert-OH is 5. The van der Waals surface area contributed by atoms with Gasteiger partial charge in [0.05, 0.1) is 28.3 Å². The van der Waals surface area contributed by atoms with E-state index in [9.17, 15) is 42.4 Å². The number of aryl methyl sites for hydroxylation is 2. The molecule has 2 aliphatic rings. The molecule has 0 amide bonds. The second kappa shape index (κ2) is 12.3. The highest BCUT2D eigenvalue weighted by Crippen LogP contribution is 2.35. The minimum atomic E-state index is -4.50. The van der Waals surface area contributed by atoms with Gasteiger partial charge in [-0.3, -0.25) is 0 Å². The Hall–Kier alpha value is -1.98. The van der Waals surface area contributed by atoms with Crippen molar-refractivity contribution in [2.45, 2.75) is 85.0 Å². The monoisotopic (exact) mass is 616 g/mol. The minimum Gasteiger partial charge on any atom is -0.394 e. The first kappa shape index (κ1) is 31.9. The average Bonchev–Trinajstić information content (AvgIpc) is 2.91. The van der Waals surface area contributed by atoms with Gasteiger partial charge >= 0.3 is 0 Å². The summed E-state index contributed by atoms with van der Waals surface area (Å²) in [5, 5.41) is 51.0. The Morgan fingerprint density at radius 1 is 0.756 bits per heavy atom. The summed E-state index contributed by atoms with van der Waals surface area (Å²) >= 11 is 0. The van der Waals surface area contributed by atoms with E-state index >= 15 is 0 Å². The molecule has 0 radical (unpaired) electrons. The molecule has 2 aromatic carbocycles. The second-order valence-electron chi connectivity index (χ2n) is 10.6. The van der Waals surface area contributed by atoms with Gasteiger partial charge in [0.1, 0.15) is 35.8 Å². The van der Waals surface area contributed by atoms with Crippen LogP contribution in [0.2, 0.25) is 0 Å². The maximum absolute atomic E-state index is 13.7. The molecule has 5 N–H and O–H groups in total. The van der Waals surface area contributed by atoms with Crippen LogP contribution in [0.5, 0.6) is 0 Å². The third-order valence-electron chi connectivity index (χ3n) is 7.59. The average molecular weight is 617 g/mol. The van der Waals surface area contributed by atoms with Crippen molar-refractivity contribution in [2.75, 3.05) is 12.4 Å². The first-order valence-corrected chi connectivity index (χ1v) is 16.3. The number of benzene rings is 2. The highest BCUT2D eigenvalue weighted by molar-refractivity contribution is 7.92. The number of hydrogen-bond acceptors (Lipinski definition) is 12. The van der Waals surface area contributed by atoms with Crippen LogP contribution < -0.4 is 0 Å². The van der Waals surface area contributed by atoms with E-state index in [2.05, 4.69) is 0 Å². The van der Waals surface area contributed by atoms with Crippen molar-refractivity contribution in [1.82, 2.24) is 0 Å². The molecule has 2 fully saturated rings. The molecule has 14 heteroatoms. The lowest BCUT2D eigenvalue weighted by molar-refractivity contribution is -0.331. The molecule has 0 saturated carbocycles. The molecule has 0 spiro atoms. The first-order chi connectivity index (χ1) is 19.2. The molecule has 10 atom stereocenters. The zero-order valence-electron chi connectivity index (χ0n) is 22.7. The van der Waals surface area contributed by atoms with Crippen LogP contribution in [-0.4, -0.2) is 109 Å². The van der Waals surface area contributed by atoms with E-state index in [-0.39, 0.29) is 9.79 Å². The van der Waals surface area contributed by atoms with Crippen LogP contribution in [-0.2, 0) is 33.9 Å². The number of ether oxygens (including phenoxy) is 3. The molecule has 2 saturated heterocycles. The maximum Gasteiger partial charge on any atom is 0.186 e. The zero-order valence-corrected chi connectivity index (χ0v) is 24.3. The maximum atomic E-state index is 13.7. The molecule has 228 valence electrons. The largest absolute Gasteiger partial charge is 0.394 e. The Balaban J connectivity index is 1.72. The SMILES string of the molecule is Cc1ccc(S(=O)(=O)CC2O[C@@H](O[C@@H]3C(CO)OC(O)C(C)[C@H]3O)C(O)[C@@H](S(=O)(=O)c3ccc(C)cc3)[C@@H]2O)cc1. The third-order valence-corrected chi connectivity index (χ3v) is 11.6. The topological polar surface area (TPSA) is 197 Å². The number of hydrogen-bond donors (Lipinski definition) is 5. The van der Waals surface area contributed by atoms with E-state index in [1.165, 1.54) is 43.3 Å². The van der Waals surface area contributed by atoms with Gasteiger partial charge in [-0.25, -0.2) is 16.8 Å². The van der Waals surface area contributed by atoms with Crippen molar-refractivity contribution in [3.05, 3.63) is 59.7 Å². The Morgan fingerprint density at radius 2 is 1.29 bits per heavy atom. The van der Waals surface area contributed by atoms with Crippen molar-refractivity contribution < 1.29 is 56.6 Å². The van der Waals surface area contributed by atoms with Crippen molar-refractivity contribution >= 4 is 19.7 Å². The summed E-state index contributed by atoms with van der Waals surface area (Å²) in [6, 6.07) is 11.6. The molecule has 0 aliphatic carbocycles. The van der Waals surface area contributed by atoms with Crippen LogP contribution >= 0.6 is 0 Å². The Labute approximate surface area is 239 Å². The Morgan fingerprint density at radius 3 is 1.83 bits per heavy atom. The van der Waals surface area contributed by atoms with E-state index in [4.69, 9.17) is 14.2 Å². The van der Waals surface area contributed by atoms with Crippen molar-refractivity contribution in [1.29, 1.82) is 0 Å². The normalized spacial score (nSPS) is 34.8. The Kier molecular flexibility index (Phi) is 9.60. The van der Waals surface area contributed by atoms with E-state index < -0.39 is 92.4 Å². The summed E-state index contributed by atoms with van der Waals surface area (Å²) in [6.07, 6.45) is -13.2. The molecule has 0 bridgehead atoms. The van der Waals surface area contributed by atoms with E-state index in [1.54, 1.807) is 26.0 Å². The fourth-order valence-electron chi connectivity index (χ4n) is 5.00. The van der Waals surface area contributed by atoms with E-state index in [0.717, 1.165) is 11.1 Å². The van der Waals surface area contributed by atoms with Crippen molar-refractivity contribution in [3.8, 4) is 0 Å². The van der Waals surface area contributed by atoms with Gasteiger partial charge in [-0.15, -0.1) is 0 Å². The van der Waals surface area contributed by atoms with Crippen LogP contribution in [0.4, 0.5) is 0 Å². The molecule has 5 unspecified atom stereocenters. The Bertz CT molecular complexity index is 1390. The molecule has 2 aromatic rings. The zero-order chi connectivity index (χ0) is 30.3. The standard InChI is InChI=1S/C27H36O12S2/c1-14-4-8-17(9-5-14)40(33,34)13-20-22(30)25(41(35,36)18-10-6-15(2)7-11-18)23(31)27(38-20)39-24-19(12-28)37-26(32)16(3)21(24)29/h4-11,16,19-32H,12-13H2,1-3H3/t16?,19?,20?,21-,22-,23?,24-,25+,26?,27+/m1/s1. The molecule has 2 aliphatic heterocycles. The first-order valence-electron chi connectivity index (χ1n) is 13.1. The molecule has 41 heavy (non-hydrogen) atoms. The van der Waals surface area contributed by atoms with Gasteiger partial charge in [0, 0.05) is 5.92 Å². The molecular weight excluding hydrogens is 580 g/mol. The molecule has 0 aromatic heterocycles. The molecular formula is C27H36O12S2. The lowest BCUT2D eigenvalue weighted by Gasteiger charge is -2.46. The summed E-state index contributed by atoms with van der Waals surface area (Å²) in [5.41, 5.74) is 1.57. The van der Waals surface area contributed by atoms with Gasteiger partial charge in [-0.2, -0.15) is 0 Å². The molecule has 12 nitrogen and oxygen atoms in total. The van der Waals surface area contributed by atoms with E-state index in [0.29, 0.717) is 0 Å². The predicted octanol–water partition coefficient (Wildman–Crippen LogP) is -0.542. The van der Waals surface area contributed by atoms with Gasteiger partial charge in [-0.1, -0.05) is 42.3 Å². The van der Waals surface area contributed by atoms with Crippen LogP contribution in [0.25, 0.3) is 0 Å². The van der Waals surface area contributed by atoms with Gasteiger partial charge < -0.3 is 39.7 Å². The number of aliphatic hydroxyl groups is 5. The smallest absolute Gasteiger partial charge is 0.186 e. The van der Waals surface area contributed by atoms with Gasteiger partial charge in [0.2, 0.25) is 0 Å². The number of sulfone groups is 2. The van der Waals surface area contributed by atoms with Crippen molar-refractivity contribution in [3.63, 3.8) is 0 Å². The summed E-state index contributed by atoms with van der Waals surface area (Å²) in [5.74, 6) is -1.76. The summed E-state index contributed by atoms with van der Waals surface area (Å²) in [6.45, 7) is 4.25. The van der Waals surface area contributed by atoms with Gasteiger partial charge in [-0.05, 0) is 38.1 Å². The van der Waals surface area contributed by atoms with Crippen LogP contribution in [0, 0.1) is 19.8 Å². The van der Waals surface area contributed by atoms with Crippen molar-refractivity contribution in [2.24, 2.45) is 5.92 Å². The third kappa shape index (κ3) is 6.51. The predicted molar refractivity (Wildman–Crippen MR) is 144 cm³/mol. The summed E-state index contributed by atoms with van der Waals surface area (Å²) in [4.78, 5) is -0.308. The highest BCUT2D eigenvalue weighted by atomic mass is 32.2. The molecule has 4 rings (SSSR count). The second-order valence-corrected chi connectivity index (χ2v) is 14.8. The van der Waals surface area contributed by atoms with Crippen LogP contribution in [0.3, 0.4) is 0 Å². The van der Waals surface area contributed by atoms with Crippen LogP contribution in [0.15, 0.2) is 58.3 Å². The summed E-state index contributed by atoms with van der Waals surface area (Å²) < 4.78 is 70.8. The van der Waals surface area contributed by atoms with Gasteiger partial charge in [0.25, 0.3) is 0 Å². The fourth-order valence-corrected chi connectivity index (χ4v) is 8.32. The molecule has 2 heterocycles. The van der Waals surface area contributed by atoms with E-state index in [1.807, 2.05) is 0 Å². The number of rotatable bonds is 8. The summed E-state index contributed by atoms with van der Waals surface area (Å²) in [7, 11) is -8.63. The fraction of sp³-hybridized carbons (Fsp3) is 0.556. The van der Waals surface area contributed by atoms with Gasteiger partial charge in [0.15, 0.2) is 32.3 Å². The quantitative estimate of drug-likeness (QED) is 0.254.